The third kappa shape index (κ3) is 5.22. The van der Waals surface area contributed by atoms with Crippen molar-refractivity contribution in [3.8, 4) is 0 Å². The molecule has 198 valence electrons. The molecular formula is C29H32N4O4S. The lowest BCUT2D eigenvalue weighted by Gasteiger charge is -2.33. The highest BCUT2D eigenvalue weighted by Crippen LogP contribution is 2.38. The van der Waals surface area contributed by atoms with E-state index in [0.717, 1.165) is 44.8 Å². The van der Waals surface area contributed by atoms with Gasteiger partial charge in [-0.1, -0.05) is 49.4 Å². The van der Waals surface area contributed by atoms with Crippen LogP contribution in [0.2, 0.25) is 0 Å². The molecule has 1 N–H and O–H groups in total. The second-order valence-electron chi connectivity index (χ2n) is 9.59. The molecule has 2 heterocycles. The Balaban J connectivity index is 1.42. The minimum absolute atomic E-state index is 0.0112. The zero-order valence-corrected chi connectivity index (χ0v) is 22.3. The first-order valence-electron chi connectivity index (χ1n) is 13.0. The van der Waals surface area contributed by atoms with E-state index >= 15 is 0 Å². The van der Waals surface area contributed by atoms with Gasteiger partial charge < -0.3 is 15.1 Å². The number of carbonyl (C=O) groups is 2. The molecule has 0 saturated carbocycles. The van der Waals surface area contributed by atoms with Gasteiger partial charge in [0.25, 0.3) is 11.8 Å². The molecule has 8 nitrogen and oxygen atoms in total. The van der Waals surface area contributed by atoms with E-state index < -0.39 is 15.7 Å². The van der Waals surface area contributed by atoms with Crippen LogP contribution in [0.4, 0.5) is 5.69 Å². The molecule has 2 aliphatic heterocycles. The van der Waals surface area contributed by atoms with Crippen molar-refractivity contribution in [3.05, 3.63) is 89.5 Å². The summed E-state index contributed by atoms with van der Waals surface area (Å²) in [5.41, 5.74) is 1.49. The average Bonchev–Trinajstić information content (AvgIpc) is 3.02. The highest BCUT2D eigenvalue weighted by molar-refractivity contribution is 7.91. The van der Waals surface area contributed by atoms with Gasteiger partial charge in [0, 0.05) is 44.8 Å². The third-order valence-electron chi connectivity index (χ3n) is 7.26. The second kappa shape index (κ2) is 11.1. The van der Waals surface area contributed by atoms with Gasteiger partial charge in [0.2, 0.25) is 9.84 Å². The topological polar surface area (TPSA) is 90.0 Å². The number of rotatable bonds is 7. The number of hydrogen-bond donors (Lipinski definition) is 1. The quantitative estimate of drug-likeness (QED) is 0.503. The normalized spacial score (nSPS) is 17.4. The van der Waals surface area contributed by atoms with Crippen LogP contribution in [0.25, 0.3) is 0 Å². The molecule has 9 heteroatoms. The number of sulfone groups is 1. The summed E-state index contributed by atoms with van der Waals surface area (Å²) in [4.78, 5) is 33.0. The molecule has 1 fully saturated rings. The Morgan fingerprint density at radius 3 is 2.29 bits per heavy atom. The summed E-state index contributed by atoms with van der Waals surface area (Å²) in [6, 6.07) is 20.1. The summed E-state index contributed by atoms with van der Waals surface area (Å²) >= 11 is 0. The molecule has 0 radical (unpaired) electrons. The van der Waals surface area contributed by atoms with Gasteiger partial charge in [0.1, 0.15) is 0 Å². The number of benzene rings is 3. The van der Waals surface area contributed by atoms with Crippen LogP contribution >= 0.6 is 0 Å². The first-order chi connectivity index (χ1) is 18.4. The molecule has 2 aliphatic rings. The Kier molecular flexibility index (Phi) is 7.60. The van der Waals surface area contributed by atoms with Gasteiger partial charge in [-0.05, 0) is 42.4 Å². The maximum atomic E-state index is 13.7. The fourth-order valence-corrected chi connectivity index (χ4v) is 6.66. The van der Waals surface area contributed by atoms with E-state index in [1.165, 1.54) is 35.2 Å². The van der Waals surface area contributed by atoms with E-state index in [9.17, 15) is 18.0 Å². The van der Waals surface area contributed by atoms with Crippen LogP contribution in [-0.4, -0.2) is 75.8 Å². The van der Waals surface area contributed by atoms with Crippen LogP contribution in [0.1, 0.15) is 33.2 Å². The molecule has 38 heavy (non-hydrogen) atoms. The van der Waals surface area contributed by atoms with Gasteiger partial charge in [0.15, 0.2) is 0 Å². The average molecular weight is 533 g/mol. The molecule has 5 rings (SSSR count). The fraction of sp³-hybridized carbons (Fsp3) is 0.310. The van der Waals surface area contributed by atoms with E-state index in [1.807, 2.05) is 30.3 Å². The predicted molar refractivity (Wildman–Crippen MR) is 146 cm³/mol. The number of likely N-dealkylation sites (N-methyl/N-ethyl adjacent to an activating group) is 1. The van der Waals surface area contributed by atoms with Gasteiger partial charge in [0.05, 0.1) is 27.6 Å². The SMILES string of the molecule is CCN1CCN(CCNC(=O)c2ccc3c(c2)N(Cc2ccccc2)C(=O)c2ccccc2S3(=O)=O)CC1. The number of hydrogen-bond acceptors (Lipinski definition) is 6. The number of piperazine rings is 1. The highest BCUT2D eigenvalue weighted by Gasteiger charge is 2.36. The first kappa shape index (κ1) is 26.1. The van der Waals surface area contributed by atoms with Crippen molar-refractivity contribution in [1.82, 2.24) is 15.1 Å². The molecule has 0 bridgehead atoms. The number of anilines is 1. The van der Waals surface area contributed by atoms with Crippen LogP contribution in [0.5, 0.6) is 0 Å². The number of carbonyl (C=O) groups excluding carboxylic acids is 2. The largest absolute Gasteiger partial charge is 0.351 e. The summed E-state index contributed by atoms with van der Waals surface area (Å²) in [5.74, 6) is -0.721. The maximum Gasteiger partial charge on any atom is 0.259 e. The Labute approximate surface area is 223 Å². The Bertz CT molecular complexity index is 1430. The molecular weight excluding hydrogens is 500 g/mol. The lowest BCUT2D eigenvalue weighted by atomic mass is 10.1. The molecule has 2 amide bonds. The zero-order valence-electron chi connectivity index (χ0n) is 21.5. The summed E-state index contributed by atoms with van der Waals surface area (Å²) in [6.45, 7) is 8.60. The van der Waals surface area contributed by atoms with Crippen molar-refractivity contribution in [3.63, 3.8) is 0 Å². The number of amides is 2. The molecule has 1 saturated heterocycles. The van der Waals surface area contributed by atoms with E-state index in [4.69, 9.17) is 0 Å². The number of nitrogens with one attached hydrogen (secondary N) is 1. The summed E-state index contributed by atoms with van der Waals surface area (Å²) in [6.07, 6.45) is 0. The minimum atomic E-state index is -3.98. The van der Waals surface area contributed by atoms with Crippen molar-refractivity contribution in [2.24, 2.45) is 0 Å². The van der Waals surface area contributed by atoms with E-state index in [1.54, 1.807) is 12.1 Å². The molecule has 0 aliphatic carbocycles. The van der Waals surface area contributed by atoms with Crippen molar-refractivity contribution < 1.29 is 18.0 Å². The van der Waals surface area contributed by atoms with Crippen molar-refractivity contribution in [2.75, 3.05) is 50.7 Å². The Hall–Kier alpha value is -3.53. The molecule has 0 spiro atoms. The van der Waals surface area contributed by atoms with Crippen LogP contribution < -0.4 is 10.2 Å². The molecule has 3 aromatic carbocycles. The van der Waals surface area contributed by atoms with Crippen LogP contribution in [0.15, 0.2) is 82.6 Å². The monoisotopic (exact) mass is 532 g/mol. The van der Waals surface area contributed by atoms with Crippen LogP contribution in [0.3, 0.4) is 0 Å². The van der Waals surface area contributed by atoms with Gasteiger partial charge in [-0.15, -0.1) is 0 Å². The predicted octanol–water partition coefficient (Wildman–Crippen LogP) is 3.05. The van der Waals surface area contributed by atoms with Gasteiger partial charge in [-0.3, -0.25) is 14.5 Å². The zero-order chi connectivity index (χ0) is 26.7. The van der Waals surface area contributed by atoms with E-state index in [2.05, 4.69) is 22.0 Å². The van der Waals surface area contributed by atoms with E-state index in [-0.39, 0.29) is 33.5 Å². The molecule has 3 aromatic rings. The number of nitrogens with zero attached hydrogens (tertiary/aromatic N) is 3. The smallest absolute Gasteiger partial charge is 0.259 e. The summed E-state index contributed by atoms with van der Waals surface area (Å²) < 4.78 is 27.3. The maximum absolute atomic E-state index is 13.7. The van der Waals surface area contributed by atoms with Gasteiger partial charge >= 0.3 is 0 Å². The first-order valence-corrected chi connectivity index (χ1v) is 14.4. The molecule has 0 unspecified atom stereocenters. The van der Waals surface area contributed by atoms with Gasteiger partial charge in [-0.2, -0.15) is 0 Å². The van der Waals surface area contributed by atoms with Crippen LogP contribution in [0, 0.1) is 0 Å². The summed E-state index contributed by atoms with van der Waals surface area (Å²) in [5, 5.41) is 2.96. The second-order valence-corrected chi connectivity index (χ2v) is 11.5. The van der Waals surface area contributed by atoms with Gasteiger partial charge in [-0.25, -0.2) is 8.42 Å². The minimum Gasteiger partial charge on any atom is -0.351 e. The lowest BCUT2D eigenvalue weighted by molar-refractivity contribution is 0.0935. The number of fused-ring (bicyclic) bond motifs is 2. The van der Waals surface area contributed by atoms with Crippen molar-refractivity contribution >= 4 is 27.3 Å². The molecule has 0 aromatic heterocycles. The van der Waals surface area contributed by atoms with Crippen LogP contribution in [-0.2, 0) is 16.4 Å². The van der Waals surface area contributed by atoms with Crippen molar-refractivity contribution in [2.45, 2.75) is 23.3 Å². The standard InChI is InChI=1S/C29H32N4O4S/c1-2-31-16-18-32(19-17-31)15-14-30-28(34)23-12-13-27-25(20-23)33(21-22-8-4-3-5-9-22)29(35)24-10-6-7-11-26(24)38(27,36)37/h3-13,20H,2,14-19,21H2,1H3,(H,30,34). The van der Waals surface area contributed by atoms with E-state index in [0.29, 0.717) is 12.1 Å². The van der Waals surface area contributed by atoms with Crippen molar-refractivity contribution in [1.29, 1.82) is 0 Å². The Morgan fingerprint density at radius 1 is 0.868 bits per heavy atom. The third-order valence-corrected chi connectivity index (χ3v) is 9.12. The highest BCUT2D eigenvalue weighted by atomic mass is 32.2. The Morgan fingerprint density at radius 2 is 1.55 bits per heavy atom. The summed E-state index contributed by atoms with van der Waals surface area (Å²) in [7, 11) is -3.98. The lowest BCUT2D eigenvalue weighted by Crippen LogP contribution is -2.48. The fourth-order valence-electron chi connectivity index (χ4n) is 5.03. The molecule has 0 atom stereocenters.